The molecular formula is C33H34N4O3S. The molecule has 0 amide bonds. The maximum absolute atomic E-state index is 13.9. The van der Waals surface area contributed by atoms with Gasteiger partial charge in [0.25, 0.3) is 0 Å². The number of aromatic nitrogens is 3. The summed E-state index contributed by atoms with van der Waals surface area (Å²) in [5.74, 6) is 1.72. The van der Waals surface area contributed by atoms with Crippen molar-refractivity contribution in [2.45, 2.75) is 68.7 Å². The number of allylic oxidation sites excluding steroid dienone is 1. The van der Waals surface area contributed by atoms with E-state index in [1.165, 1.54) is 12.0 Å². The highest BCUT2D eigenvalue weighted by molar-refractivity contribution is 7.98. The van der Waals surface area contributed by atoms with Crippen molar-refractivity contribution in [3.05, 3.63) is 113 Å². The quantitative estimate of drug-likeness (QED) is 0.168. The number of anilines is 1. The highest BCUT2D eigenvalue weighted by Gasteiger charge is 2.37. The van der Waals surface area contributed by atoms with Crippen molar-refractivity contribution in [3.8, 4) is 5.75 Å². The molecule has 0 radical (unpaired) electrons. The van der Waals surface area contributed by atoms with Crippen LogP contribution in [0.1, 0.15) is 61.8 Å². The van der Waals surface area contributed by atoms with E-state index < -0.39 is 6.04 Å². The first-order valence-electron chi connectivity index (χ1n) is 14.2. The van der Waals surface area contributed by atoms with Gasteiger partial charge in [0.1, 0.15) is 24.5 Å². The van der Waals surface area contributed by atoms with Crippen LogP contribution in [-0.2, 0) is 21.9 Å². The third kappa shape index (κ3) is 6.33. The van der Waals surface area contributed by atoms with Gasteiger partial charge in [-0.1, -0.05) is 97.0 Å². The van der Waals surface area contributed by atoms with Crippen LogP contribution in [0.25, 0.3) is 0 Å². The molecule has 3 aromatic carbocycles. The Labute approximate surface area is 245 Å². The summed E-state index contributed by atoms with van der Waals surface area (Å²) in [4.78, 5) is 18.7. The summed E-state index contributed by atoms with van der Waals surface area (Å²) in [5.41, 5.74) is 4.35. The highest BCUT2D eigenvalue weighted by Crippen LogP contribution is 2.41. The number of carbonyl (C=O) groups excluding carboxylic acids is 1. The van der Waals surface area contributed by atoms with Crippen LogP contribution in [0.15, 0.2) is 101 Å². The molecule has 8 heteroatoms. The Morgan fingerprint density at radius 2 is 1.61 bits per heavy atom. The summed E-state index contributed by atoms with van der Waals surface area (Å²) in [6.45, 7) is 2.32. The lowest BCUT2D eigenvalue weighted by Crippen LogP contribution is -2.32. The van der Waals surface area contributed by atoms with Crippen LogP contribution in [0.2, 0.25) is 0 Å². The Morgan fingerprint density at radius 3 is 2.37 bits per heavy atom. The maximum atomic E-state index is 13.9. The van der Waals surface area contributed by atoms with Gasteiger partial charge in [0.05, 0.1) is 5.57 Å². The third-order valence-electron chi connectivity index (χ3n) is 7.54. The first-order valence-corrected chi connectivity index (χ1v) is 15.2. The number of nitrogens with one attached hydrogen (secondary N) is 1. The zero-order chi connectivity index (χ0) is 28.0. The Bertz CT molecular complexity index is 1510. The minimum atomic E-state index is -0.548. The number of hydrogen-bond donors (Lipinski definition) is 1. The molecular weight excluding hydrogens is 532 g/mol. The van der Waals surface area contributed by atoms with Gasteiger partial charge in [0, 0.05) is 17.0 Å². The first kappa shape index (κ1) is 27.1. The molecule has 1 atom stereocenters. The molecule has 6 rings (SSSR count). The number of carbonyl (C=O) groups is 1. The fraction of sp³-hybridized carbons (Fsp3) is 0.303. The van der Waals surface area contributed by atoms with Crippen molar-refractivity contribution < 1.29 is 14.3 Å². The molecule has 1 fully saturated rings. The van der Waals surface area contributed by atoms with Crippen LogP contribution in [0.4, 0.5) is 5.95 Å². The van der Waals surface area contributed by atoms with Gasteiger partial charge in [-0.25, -0.2) is 9.48 Å². The highest BCUT2D eigenvalue weighted by atomic mass is 32.2. The smallest absolute Gasteiger partial charge is 0.338 e. The van der Waals surface area contributed by atoms with Crippen LogP contribution < -0.4 is 10.1 Å². The van der Waals surface area contributed by atoms with Crippen LogP contribution in [0, 0.1) is 0 Å². The van der Waals surface area contributed by atoms with E-state index in [4.69, 9.17) is 19.6 Å². The predicted molar refractivity (Wildman–Crippen MR) is 161 cm³/mol. The lowest BCUT2D eigenvalue weighted by Gasteiger charge is -2.30. The van der Waals surface area contributed by atoms with E-state index in [1.54, 1.807) is 11.8 Å². The number of esters is 1. The number of hydrogen-bond acceptors (Lipinski definition) is 7. The van der Waals surface area contributed by atoms with E-state index in [9.17, 15) is 4.79 Å². The number of thioether (sulfide) groups is 1. The molecule has 4 aromatic rings. The number of rotatable bonds is 9. The first-order chi connectivity index (χ1) is 20.2. The fourth-order valence-corrected chi connectivity index (χ4v) is 6.22. The molecule has 1 aliphatic carbocycles. The van der Waals surface area contributed by atoms with Gasteiger partial charge < -0.3 is 14.8 Å². The van der Waals surface area contributed by atoms with Crippen molar-refractivity contribution >= 4 is 23.7 Å². The Kier molecular flexibility index (Phi) is 8.37. The molecule has 0 spiro atoms. The van der Waals surface area contributed by atoms with E-state index in [1.807, 2.05) is 84.4 Å². The fourth-order valence-electron chi connectivity index (χ4n) is 5.44. The predicted octanol–water partition coefficient (Wildman–Crippen LogP) is 7.31. The molecule has 2 aliphatic rings. The minimum absolute atomic E-state index is 0.0593. The van der Waals surface area contributed by atoms with Gasteiger partial charge in [-0.05, 0) is 49.8 Å². The summed E-state index contributed by atoms with van der Waals surface area (Å²) < 4.78 is 14.3. The largest absolute Gasteiger partial charge is 0.489 e. The second kappa shape index (κ2) is 12.6. The van der Waals surface area contributed by atoms with E-state index in [0.717, 1.165) is 42.6 Å². The summed E-state index contributed by atoms with van der Waals surface area (Å²) in [6, 6.07) is 27.6. The summed E-state index contributed by atoms with van der Waals surface area (Å²) in [7, 11) is 0. The Hall–Kier alpha value is -4.04. The molecule has 1 unspecified atom stereocenters. The second-order valence-electron chi connectivity index (χ2n) is 10.5. The van der Waals surface area contributed by atoms with Gasteiger partial charge in [0.15, 0.2) is 0 Å². The van der Waals surface area contributed by atoms with E-state index in [-0.39, 0.29) is 12.1 Å². The minimum Gasteiger partial charge on any atom is -0.489 e. The molecule has 0 bridgehead atoms. The van der Waals surface area contributed by atoms with Crippen LogP contribution in [-0.4, -0.2) is 26.8 Å². The second-order valence-corrected chi connectivity index (χ2v) is 11.4. The molecule has 1 aliphatic heterocycles. The molecule has 1 aromatic heterocycles. The molecule has 41 heavy (non-hydrogen) atoms. The zero-order valence-corrected chi connectivity index (χ0v) is 24.0. The van der Waals surface area contributed by atoms with Crippen molar-refractivity contribution in [1.29, 1.82) is 0 Å². The number of nitrogens with zero attached hydrogens (tertiary/aromatic N) is 3. The maximum Gasteiger partial charge on any atom is 0.338 e. The lowest BCUT2D eigenvalue weighted by atomic mass is 9.94. The molecule has 1 N–H and O–H groups in total. The zero-order valence-electron chi connectivity index (χ0n) is 23.2. The van der Waals surface area contributed by atoms with Gasteiger partial charge in [0.2, 0.25) is 11.1 Å². The normalized spacial score (nSPS) is 17.0. The van der Waals surface area contributed by atoms with Crippen molar-refractivity contribution in [2.24, 2.45) is 0 Å². The van der Waals surface area contributed by atoms with E-state index >= 15 is 0 Å². The standard InChI is InChI=1S/C33H34N4O3S/c1-23-29(31(38)40-26-17-9-4-10-18-26)30(27-19-11-12-20-28(27)39-21-24-13-5-2-6-14-24)37-32(34-23)35-33(36-37)41-22-25-15-7-3-8-16-25/h2-3,5-8,11-16,19-20,26,30H,4,9-10,17-18,21-22H2,1H3,(H,34,35,36). The lowest BCUT2D eigenvalue weighted by molar-refractivity contribution is -0.146. The number of fused-ring (bicyclic) bond motifs is 1. The average Bonchev–Trinajstić information content (AvgIpc) is 3.42. The van der Waals surface area contributed by atoms with Gasteiger partial charge in [-0.15, -0.1) is 5.10 Å². The van der Waals surface area contributed by atoms with Crippen molar-refractivity contribution in [2.75, 3.05) is 5.32 Å². The Morgan fingerprint density at radius 1 is 0.927 bits per heavy atom. The molecule has 7 nitrogen and oxygen atoms in total. The van der Waals surface area contributed by atoms with Gasteiger partial charge >= 0.3 is 5.97 Å². The number of benzene rings is 3. The SMILES string of the molecule is CC1=C(C(=O)OC2CCCCC2)C(c2ccccc2OCc2ccccc2)n2nc(SCc3ccccc3)nc2N1. The van der Waals surface area contributed by atoms with Crippen LogP contribution in [0.5, 0.6) is 5.75 Å². The van der Waals surface area contributed by atoms with Gasteiger partial charge in [-0.2, -0.15) is 4.98 Å². The third-order valence-corrected chi connectivity index (χ3v) is 8.45. The molecule has 210 valence electrons. The Balaban J connectivity index is 1.34. The van der Waals surface area contributed by atoms with Crippen LogP contribution in [0.3, 0.4) is 0 Å². The monoisotopic (exact) mass is 566 g/mol. The summed E-state index contributed by atoms with van der Waals surface area (Å²) in [5, 5.41) is 8.88. The molecule has 2 heterocycles. The van der Waals surface area contributed by atoms with Crippen molar-refractivity contribution in [3.63, 3.8) is 0 Å². The van der Waals surface area contributed by atoms with Gasteiger partial charge in [-0.3, -0.25) is 0 Å². The number of ether oxygens (including phenoxy) is 2. The topological polar surface area (TPSA) is 78.3 Å². The number of para-hydroxylation sites is 1. The summed E-state index contributed by atoms with van der Waals surface area (Å²) in [6.07, 6.45) is 5.11. The molecule has 1 saturated carbocycles. The van der Waals surface area contributed by atoms with E-state index in [0.29, 0.717) is 34.7 Å². The van der Waals surface area contributed by atoms with Crippen molar-refractivity contribution in [1.82, 2.24) is 14.8 Å². The molecule has 0 saturated heterocycles. The van der Waals surface area contributed by atoms with E-state index in [2.05, 4.69) is 17.4 Å². The van der Waals surface area contributed by atoms with Crippen LogP contribution >= 0.6 is 11.8 Å². The summed E-state index contributed by atoms with van der Waals surface area (Å²) >= 11 is 1.57. The average molecular weight is 567 g/mol.